The normalized spacial score (nSPS) is 18.0. The van der Waals surface area contributed by atoms with E-state index in [0.29, 0.717) is 12.1 Å². The summed E-state index contributed by atoms with van der Waals surface area (Å²) < 4.78 is 0. The Morgan fingerprint density at radius 3 is 2.33 bits per heavy atom. The maximum Gasteiger partial charge on any atom is 0.270 e. The van der Waals surface area contributed by atoms with E-state index in [1.54, 1.807) is 12.1 Å². The fourth-order valence-corrected chi connectivity index (χ4v) is 2.62. The van der Waals surface area contributed by atoms with E-state index in [9.17, 15) is 14.9 Å². The molecule has 0 amide bonds. The van der Waals surface area contributed by atoms with Crippen molar-refractivity contribution in [2.24, 2.45) is 11.8 Å². The maximum atomic E-state index is 12.4. The highest BCUT2D eigenvalue weighted by Gasteiger charge is 2.30. The first kappa shape index (κ1) is 14.2. The molecule has 2 aliphatic carbocycles. The van der Waals surface area contributed by atoms with Crippen LogP contribution in [0.3, 0.4) is 0 Å². The van der Waals surface area contributed by atoms with Gasteiger partial charge in [0, 0.05) is 30.8 Å². The van der Waals surface area contributed by atoms with Gasteiger partial charge >= 0.3 is 0 Å². The summed E-state index contributed by atoms with van der Waals surface area (Å²) in [6.45, 7) is 2.38. The summed E-state index contributed by atoms with van der Waals surface area (Å²) in [6.07, 6.45) is 5.08. The maximum absolute atomic E-state index is 12.4. The van der Waals surface area contributed by atoms with Crippen LogP contribution >= 0.6 is 0 Å². The summed E-state index contributed by atoms with van der Waals surface area (Å²) in [7, 11) is 0. The minimum absolute atomic E-state index is 0.0139. The highest BCUT2D eigenvalue weighted by molar-refractivity contribution is 5.98. The molecule has 0 unspecified atom stereocenters. The van der Waals surface area contributed by atoms with Crippen molar-refractivity contribution >= 4 is 11.5 Å². The minimum atomic E-state index is -0.455. The molecule has 2 aliphatic rings. The van der Waals surface area contributed by atoms with Gasteiger partial charge in [0.1, 0.15) is 0 Å². The van der Waals surface area contributed by atoms with Crippen LogP contribution in [-0.2, 0) is 0 Å². The zero-order valence-corrected chi connectivity index (χ0v) is 12.0. The van der Waals surface area contributed by atoms with E-state index in [-0.39, 0.29) is 11.5 Å². The van der Waals surface area contributed by atoms with Crippen LogP contribution in [0.25, 0.3) is 0 Å². The van der Waals surface area contributed by atoms with Gasteiger partial charge in [-0.25, -0.2) is 0 Å². The van der Waals surface area contributed by atoms with E-state index < -0.39 is 4.92 Å². The molecule has 0 atom stereocenters. The van der Waals surface area contributed by atoms with Crippen molar-refractivity contribution in [1.82, 2.24) is 4.90 Å². The molecule has 0 bridgehead atoms. The quantitative estimate of drug-likeness (QED) is 0.419. The second-order valence-electron chi connectivity index (χ2n) is 6.31. The van der Waals surface area contributed by atoms with Crippen molar-refractivity contribution in [2.75, 3.05) is 19.6 Å². The van der Waals surface area contributed by atoms with Crippen LogP contribution < -0.4 is 0 Å². The Bertz CT molecular complexity index is 536. The fourth-order valence-electron chi connectivity index (χ4n) is 2.62. The molecule has 0 aliphatic heterocycles. The summed E-state index contributed by atoms with van der Waals surface area (Å²) >= 11 is 0. The van der Waals surface area contributed by atoms with Crippen molar-refractivity contribution in [3.8, 4) is 0 Å². The molecule has 21 heavy (non-hydrogen) atoms. The molecule has 0 saturated heterocycles. The van der Waals surface area contributed by atoms with Gasteiger partial charge in [-0.05, 0) is 37.5 Å². The Morgan fingerprint density at radius 1 is 1.19 bits per heavy atom. The Balaban J connectivity index is 1.64. The smallest absolute Gasteiger partial charge is 0.270 e. The van der Waals surface area contributed by atoms with Gasteiger partial charge < -0.3 is 0 Å². The van der Waals surface area contributed by atoms with Crippen LogP contribution in [0, 0.1) is 22.0 Å². The summed E-state index contributed by atoms with van der Waals surface area (Å²) in [5.74, 6) is 1.49. The molecular weight excluding hydrogens is 268 g/mol. The molecule has 112 valence electrons. The molecule has 2 fully saturated rings. The zero-order valence-electron chi connectivity index (χ0n) is 12.0. The molecule has 3 rings (SSSR count). The standard InChI is InChI=1S/C16H20N2O3/c19-16(14-2-1-3-15(8-14)18(20)21)11-17(9-12-4-5-12)10-13-6-7-13/h1-3,8,12-13H,4-7,9-11H2. The van der Waals surface area contributed by atoms with Gasteiger partial charge in [0.2, 0.25) is 0 Å². The second-order valence-corrected chi connectivity index (χ2v) is 6.31. The number of carbonyl (C=O) groups excluding carboxylic acids is 1. The third-order valence-electron chi connectivity index (χ3n) is 4.17. The number of rotatable bonds is 8. The lowest BCUT2D eigenvalue weighted by molar-refractivity contribution is -0.384. The van der Waals surface area contributed by atoms with E-state index in [0.717, 1.165) is 24.9 Å². The van der Waals surface area contributed by atoms with E-state index in [4.69, 9.17) is 0 Å². The van der Waals surface area contributed by atoms with E-state index in [1.165, 1.54) is 37.8 Å². The predicted molar refractivity (Wildman–Crippen MR) is 79.3 cm³/mol. The Hall–Kier alpha value is -1.75. The van der Waals surface area contributed by atoms with Crippen molar-refractivity contribution in [3.05, 3.63) is 39.9 Å². The molecule has 0 heterocycles. The zero-order chi connectivity index (χ0) is 14.8. The number of nitrogens with zero attached hydrogens (tertiary/aromatic N) is 2. The number of ketones is 1. The third-order valence-corrected chi connectivity index (χ3v) is 4.17. The van der Waals surface area contributed by atoms with E-state index in [2.05, 4.69) is 4.90 Å². The Morgan fingerprint density at radius 2 is 1.81 bits per heavy atom. The molecule has 0 N–H and O–H groups in total. The molecular formula is C16H20N2O3. The third kappa shape index (κ3) is 4.11. The highest BCUT2D eigenvalue weighted by atomic mass is 16.6. The molecule has 5 heteroatoms. The van der Waals surface area contributed by atoms with Gasteiger partial charge in [-0.1, -0.05) is 12.1 Å². The minimum Gasteiger partial charge on any atom is -0.295 e. The lowest BCUT2D eigenvalue weighted by Gasteiger charge is -2.21. The van der Waals surface area contributed by atoms with Gasteiger partial charge in [-0.2, -0.15) is 0 Å². The summed E-state index contributed by atoms with van der Waals surface area (Å²) in [4.78, 5) is 24.9. The first-order valence-corrected chi connectivity index (χ1v) is 7.62. The Labute approximate surface area is 124 Å². The average Bonchev–Trinajstić information content (AvgIpc) is 3.35. The van der Waals surface area contributed by atoms with Crippen molar-refractivity contribution < 1.29 is 9.72 Å². The molecule has 2 saturated carbocycles. The second kappa shape index (κ2) is 5.93. The average molecular weight is 288 g/mol. The first-order chi connectivity index (χ1) is 10.1. The van der Waals surface area contributed by atoms with Crippen LogP contribution in [0.1, 0.15) is 36.0 Å². The molecule has 1 aromatic rings. The van der Waals surface area contributed by atoms with Crippen LogP contribution in [0.5, 0.6) is 0 Å². The number of benzene rings is 1. The molecule has 0 spiro atoms. The molecule has 1 aromatic carbocycles. The number of hydrogen-bond acceptors (Lipinski definition) is 4. The first-order valence-electron chi connectivity index (χ1n) is 7.62. The number of hydrogen-bond donors (Lipinski definition) is 0. The molecule has 5 nitrogen and oxygen atoms in total. The van der Waals surface area contributed by atoms with Gasteiger partial charge in [-0.3, -0.25) is 19.8 Å². The number of Topliss-reactive ketones (excluding diaryl/α,β-unsaturated/α-hetero) is 1. The van der Waals surface area contributed by atoms with E-state index >= 15 is 0 Å². The van der Waals surface area contributed by atoms with E-state index in [1.807, 2.05) is 0 Å². The lowest BCUT2D eigenvalue weighted by Crippen LogP contribution is -2.33. The summed E-state index contributed by atoms with van der Waals surface area (Å²) in [5, 5.41) is 10.8. The SMILES string of the molecule is O=C(CN(CC1CC1)CC1CC1)c1cccc([N+](=O)[O-])c1. The number of nitro groups is 1. The molecule has 0 aromatic heterocycles. The lowest BCUT2D eigenvalue weighted by atomic mass is 10.1. The summed E-state index contributed by atoms with van der Waals surface area (Å²) in [6, 6.07) is 6.05. The monoisotopic (exact) mass is 288 g/mol. The fraction of sp³-hybridized carbons (Fsp3) is 0.562. The Kier molecular flexibility index (Phi) is 4.01. The van der Waals surface area contributed by atoms with Crippen LogP contribution in [0.2, 0.25) is 0 Å². The number of carbonyl (C=O) groups is 1. The van der Waals surface area contributed by atoms with Crippen LogP contribution in [0.15, 0.2) is 24.3 Å². The highest BCUT2D eigenvalue weighted by Crippen LogP contribution is 2.33. The van der Waals surface area contributed by atoms with Crippen molar-refractivity contribution in [3.63, 3.8) is 0 Å². The van der Waals surface area contributed by atoms with Crippen molar-refractivity contribution in [1.29, 1.82) is 0 Å². The number of nitro benzene ring substituents is 1. The van der Waals surface area contributed by atoms with Crippen molar-refractivity contribution in [2.45, 2.75) is 25.7 Å². The van der Waals surface area contributed by atoms with Crippen LogP contribution in [-0.4, -0.2) is 35.2 Å². The van der Waals surface area contributed by atoms with Gasteiger partial charge in [0.05, 0.1) is 11.5 Å². The largest absolute Gasteiger partial charge is 0.295 e. The van der Waals surface area contributed by atoms with Gasteiger partial charge in [0.15, 0.2) is 5.78 Å². The topological polar surface area (TPSA) is 63.5 Å². The molecule has 0 radical (unpaired) electrons. The summed E-state index contributed by atoms with van der Waals surface area (Å²) in [5.41, 5.74) is 0.428. The van der Waals surface area contributed by atoms with Crippen LogP contribution in [0.4, 0.5) is 5.69 Å². The number of non-ortho nitro benzene ring substituents is 1. The van der Waals surface area contributed by atoms with Gasteiger partial charge in [-0.15, -0.1) is 0 Å². The predicted octanol–water partition coefficient (Wildman–Crippen LogP) is 2.90. The van der Waals surface area contributed by atoms with Gasteiger partial charge in [0.25, 0.3) is 5.69 Å².